The van der Waals surface area contributed by atoms with E-state index in [0.29, 0.717) is 17.9 Å². The molecule has 1 aromatic heterocycles. The van der Waals surface area contributed by atoms with Crippen molar-refractivity contribution in [1.82, 2.24) is 0 Å². The molecule has 2 heterocycles. The monoisotopic (exact) mass is 270 g/mol. The van der Waals surface area contributed by atoms with Gasteiger partial charge in [0.05, 0.1) is 5.56 Å². The second-order valence-electron chi connectivity index (χ2n) is 5.24. The molecule has 2 aromatic rings. The Morgan fingerprint density at radius 2 is 2.10 bits per heavy atom. The molecule has 1 aliphatic heterocycles. The number of rotatable bonds is 1. The fourth-order valence-corrected chi connectivity index (χ4v) is 2.79. The average Bonchev–Trinajstić information content (AvgIpc) is 2.78. The molecule has 1 aromatic carbocycles. The van der Waals surface area contributed by atoms with E-state index in [-0.39, 0.29) is 11.9 Å². The summed E-state index contributed by atoms with van der Waals surface area (Å²) in [5.74, 6) is 1.41. The average molecular weight is 270 g/mol. The van der Waals surface area contributed by atoms with E-state index in [2.05, 4.69) is 0 Å². The van der Waals surface area contributed by atoms with Crippen LogP contribution in [0, 0.1) is 13.8 Å². The lowest BCUT2D eigenvalue weighted by atomic mass is 9.96. The van der Waals surface area contributed by atoms with Gasteiger partial charge in [-0.1, -0.05) is 18.2 Å². The Morgan fingerprint density at radius 3 is 2.80 bits per heavy atom. The number of carbonyl (C=O) groups excluding carboxylic acids is 1. The van der Waals surface area contributed by atoms with Gasteiger partial charge < -0.3 is 15.1 Å². The number of nitrogens with two attached hydrogens (primary N) is 1. The van der Waals surface area contributed by atoms with Crippen molar-refractivity contribution >= 4 is 11.6 Å². The zero-order valence-corrected chi connectivity index (χ0v) is 11.7. The van der Waals surface area contributed by atoms with Gasteiger partial charge in [-0.3, -0.25) is 4.79 Å². The molecule has 0 radical (unpaired) electrons. The van der Waals surface area contributed by atoms with Crippen LogP contribution in [0.2, 0.25) is 0 Å². The Hall–Kier alpha value is -2.07. The van der Waals surface area contributed by atoms with Gasteiger partial charge >= 0.3 is 0 Å². The molecule has 2 N–H and O–H groups in total. The second kappa shape index (κ2) is 4.80. The number of carbonyl (C=O) groups is 1. The van der Waals surface area contributed by atoms with Gasteiger partial charge in [0.1, 0.15) is 11.5 Å². The highest BCUT2D eigenvalue weighted by molar-refractivity contribution is 6.07. The van der Waals surface area contributed by atoms with E-state index in [1.165, 1.54) is 0 Å². The van der Waals surface area contributed by atoms with Crippen molar-refractivity contribution in [1.29, 1.82) is 0 Å². The van der Waals surface area contributed by atoms with Gasteiger partial charge in [0, 0.05) is 18.3 Å². The summed E-state index contributed by atoms with van der Waals surface area (Å²) in [6, 6.07) is 9.64. The molecule has 20 heavy (non-hydrogen) atoms. The van der Waals surface area contributed by atoms with E-state index < -0.39 is 0 Å². The number of benzene rings is 1. The number of hydrogen-bond donors (Lipinski definition) is 1. The van der Waals surface area contributed by atoms with Gasteiger partial charge in [-0.2, -0.15) is 0 Å². The minimum atomic E-state index is -0.0151. The van der Waals surface area contributed by atoms with Crippen molar-refractivity contribution in [2.24, 2.45) is 5.73 Å². The van der Waals surface area contributed by atoms with Gasteiger partial charge in [-0.15, -0.1) is 0 Å². The maximum absolute atomic E-state index is 12.7. The first kappa shape index (κ1) is 12.9. The van der Waals surface area contributed by atoms with Crippen LogP contribution in [0.1, 0.15) is 39.9 Å². The first-order chi connectivity index (χ1) is 9.58. The third-order valence-electron chi connectivity index (χ3n) is 3.81. The Labute approximate surface area is 118 Å². The molecule has 1 aliphatic rings. The topological polar surface area (TPSA) is 59.5 Å². The number of fused-ring (bicyclic) bond motifs is 1. The normalized spacial score (nSPS) is 17.9. The minimum absolute atomic E-state index is 0.00225. The molecule has 0 bridgehead atoms. The van der Waals surface area contributed by atoms with Crippen molar-refractivity contribution in [3.05, 3.63) is 53.0 Å². The first-order valence-electron chi connectivity index (χ1n) is 6.81. The van der Waals surface area contributed by atoms with Crippen LogP contribution in [0.25, 0.3) is 0 Å². The molecule has 0 aliphatic carbocycles. The zero-order valence-electron chi connectivity index (χ0n) is 11.7. The van der Waals surface area contributed by atoms with Crippen LogP contribution in [0.3, 0.4) is 0 Å². The summed E-state index contributed by atoms with van der Waals surface area (Å²) in [6.45, 7) is 4.31. The molecule has 3 rings (SSSR count). The van der Waals surface area contributed by atoms with Gasteiger partial charge in [0.25, 0.3) is 5.91 Å². The van der Waals surface area contributed by atoms with Crippen LogP contribution in [0.15, 0.2) is 34.7 Å². The predicted molar refractivity (Wildman–Crippen MR) is 77.8 cm³/mol. The fraction of sp³-hybridized carbons (Fsp3) is 0.312. The van der Waals surface area contributed by atoms with Crippen LogP contribution in [0.4, 0.5) is 5.69 Å². The SMILES string of the molecule is Cc1cc(C(=O)N2CCC(N)c3ccccc32)c(C)o1. The molecular weight excluding hydrogens is 252 g/mol. The molecule has 1 atom stereocenters. The number of para-hydroxylation sites is 1. The maximum atomic E-state index is 12.7. The van der Waals surface area contributed by atoms with Gasteiger partial charge in [0.2, 0.25) is 0 Å². The van der Waals surface area contributed by atoms with Crippen LogP contribution < -0.4 is 10.6 Å². The Morgan fingerprint density at radius 1 is 1.35 bits per heavy atom. The maximum Gasteiger partial charge on any atom is 0.261 e. The van der Waals surface area contributed by atoms with Crippen LogP contribution in [-0.2, 0) is 0 Å². The molecule has 0 saturated heterocycles. The number of amides is 1. The molecule has 1 amide bonds. The standard InChI is InChI=1S/C16H18N2O2/c1-10-9-13(11(2)20-10)16(19)18-8-7-14(17)12-5-3-4-6-15(12)18/h3-6,9,14H,7-8,17H2,1-2H3. The lowest BCUT2D eigenvalue weighted by Crippen LogP contribution is -2.38. The van der Waals surface area contributed by atoms with Crippen molar-refractivity contribution < 1.29 is 9.21 Å². The van der Waals surface area contributed by atoms with Crippen LogP contribution in [-0.4, -0.2) is 12.5 Å². The molecule has 0 saturated carbocycles. The lowest BCUT2D eigenvalue weighted by molar-refractivity contribution is 0.0983. The number of furan rings is 1. The first-order valence-corrected chi connectivity index (χ1v) is 6.81. The highest BCUT2D eigenvalue weighted by atomic mass is 16.3. The van der Waals surface area contributed by atoms with E-state index in [1.807, 2.05) is 38.1 Å². The number of hydrogen-bond acceptors (Lipinski definition) is 3. The predicted octanol–water partition coefficient (Wildman–Crippen LogP) is 2.95. The molecule has 4 nitrogen and oxygen atoms in total. The fourth-order valence-electron chi connectivity index (χ4n) is 2.79. The summed E-state index contributed by atoms with van der Waals surface area (Å²) in [6.07, 6.45) is 0.776. The Balaban J connectivity index is 2.01. The molecular formula is C16H18N2O2. The number of aryl methyl sites for hydroxylation is 2. The largest absolute Gasteiger partial charge is 0.466 e. The van der Waals surface area contributed by atoms with Crippen molar-refractivity contribution in [3.63, 3.8) is 0 Å². The van der Waals surface area contributed by atoms with E-state index in [1.54, 1.807) is 11.0 Å². The summed E-state index contributed by atoms with van der Waals surface area (Å²) in [5.41, 5.74) is 8.70. The lowest BCUT2D eigenvalue weighted by Gasteiger charge is -2.32. The second-order valence-corrected chi connectivity index (χ2v) is 5.24. The Bertz CT molecular complexity index is 660. The summed E-state index contributed by atoms with van der Waals surface area (Å²) in [7, 11) is 0. The van der Waals surface area contributed by atoms with Crippen molar-refractivity contribution in [2.45, 2.75) is 26.3 Å². The molecule has 1 unspecified atom stereocenters. The molecule has 0 fully saturated rings. The van der Waals surface area contributed by atoms with E-state index in [0.717, 1.165) is 23.4 Å². The summed E-state index contributed by atoms with van der Waals surface area (Å²) >= 11 is 0. The van der Waals surface area contributed by atoms with Gasteiger partial charge in [-0.25, -0.2) is 0 Å². The quantitative estimate of drug-likeness (QED) is 0.866. The summed E-state index contributed by atoms with van der Waals surface area (Å²) < 4.78 is 5.46. The van der Waals surface area contributed by atoms with Gasteiger partial charge in [0.15, 0.2) is 0 Å². The third kappa shape index (κ3) is 2.02. The van der Waals surface area contributed by atoms with Gasteiger partial charge in [-0.05, 0) is 38.0 Å². The zero-order chi connectivity index (χ0) is 14.3. The summed E-state index contributed by atoms with van der Waals surface area (Å²) in [4.78, 5) is 14.5. The van der Waals surface area contributed by atoms with E-state index in [4.69, 9.17) is 10.2 Å². The third-order valence-corrected chi connectivity index (χ3v) is 3.81. The molecule has 0 spiro atoms. The van der Waals surface area contributed by atoms with Crippen LogP contribution in [0.5, 0.6) is 0 Å². The van der Waals surface area contributed by atoms with E-state index >= 15 is 0 Å². The van der Waals surface area contributed by atoms with E-state index in [9.17, 15) is 4.79 Å². The van der Waals surface area contributed by atoms with Crippen LogP contribution >= 0.6 is 0 Å². The van der Waals surface area contributed by atoms with Crippen molar-refractivity contribution in [2.75, 3.05) is 11.4 Å². The summed E-state index contributed by atoms with van der Waals surface area (Å²) in [5, 5.41) is 0. The smallest absolute Gasteiger partial charge is 0.261 e. The number of anilines is 1. The minimum Gasteiger partial charge on any atom is -0.466 e. The highest BCUT2D eigenvalue weighted by Gasteiger charge is 2.28. The molecule has 104 valence electrons. The van der Waals surface area contributed by atoms with Crippen molar-refractivity contribution in [3.8, 4) is 0 Å². The number of nitrogens with zero attached hydrogens (tertiary/aromatic N) is 1. The molecule has 4 heteroatoms. The Kier molecular flexibility index (Phi) is 3.10. The highest BCUT2D eigenvalue weighted by Crippen LogP contribution is 2.33.